The molecule has 0 radical (unpaired) electrons. The highest BCUT2D eigenvalue weighted by atomic mass is 32.2. The predicted molar refractivity (Wildman–Crippen MR) is 152 cm³/mol. The molecule has 0 aliphatic heterocycles. The van der Waals surface area contributed by atoms with Crippen LogP contribution in [-0.4, -0.2) is 46.5 Å². The van der Waals surface area contributed by atoms with E-state index in [4.69, 9.17) is 5.73 Å². The second kappa shape index (κ2) is 9.73. The maximum Gasteiger partial charge on any atom is 0.399 e. The fourth-order valence-corrected chi connectivity index (χ4v) is 6.21. The SMILES string of the molecule is Cn1ncc2c(N)nc3cc(CN(C(=O)c4ccc(C5(C(F)(F)F)CC5)nc4)c4ccc(F)cc4S(C)(=O)=O)ccc3c21. The van der Waals surface area contributed by atoms with Crippen LogP contribution in [0.1, 0.15) is 34.5 Å². The number of nitrogens with two attached hydrogens (primary N) is 1. The number of rotatable bonds is 6. The Labute approximate surface area is 242 Å². The van der Waals surface area contributed by atoms with E-state index >= 15 is 0 Å². The minimum Gasteiger partial charge on any atom is -0.383 e. The second-order valence-electron chi connectivity index (χ2n) is 10.7. The van der Waals surface area contributed by atoms with E-state index in [0.717, 1.165) is 46.5 Å². The van der Waals surface area contributed by atoms with Gasteiger partial charge in [0.15, 0.2) is 9.84 Å². The van der Waals surface area contributed by atoms with Gasteiger partial charge >= 0.3 is 6.18 Å². The van der Waals surface area contributed by atoms with E-state index in [1.54, 1.807) is 36.1 Å². The van der Waals surface area contributed by atoms with Crippen LogP contribution < -0.4 is 10.6 Å². The Kier molecular flexibility index (Phi) is 6.45. The lowest BCUT2D eigenvalue weighted by atomic mass is 10.0. The molecule has 3 aromatic heterocycles. The number of pyridine rings is 2. The van der Waals surface area contributed by atoms with Gasteiger partial charge in [-0.05, 0) is 54.8 Å². The summed E-state index contributed by atoms with van der Waals surface area (Å²) in [6.45, 7) is -0.192. The Bertz CT molecular complexity index is 2040. The summed E-state index contributed by atoms with van der Waals surface area (Å²) in [5.74, 6) is -1.32. The van der Waals surface area contributed by atoms with Crippen LogP contribution in [0.2, 0.25) is 0 Å². The Balaban J connectivity index is 1.45. The fourth-order valence-electron chi connectivity index (χ4n) is 5.33. The number of nitrogens with zero attached hydrogens (tertiary/aromatic N) is 5. The van der Waals surface area contributed by atoms with Crippen LogP contribution in [-0.2, 0) is 28.8 Å². The zero-order chi connectivity index (χ0) is 30.9. The third-order valence-corrected chi connectivity index (χ3v) is 8.89. The highest BCUT2D eigenvalue weighted by molar-refractivity contribution is 7.90. The summed E-state index contributed by atoms with van der Waals surface area (Å²) in [7, 11) is -2.26. The van der Waals surface area contributed by atoms with Gasteiger partial charge in [0.05, 0.1) is 51.0 Å². The van der Waals surface area contributed by atoms with E-state index < -0.39 is 38.0 Å². The van der Waals surface area contributed by atoms with Crippen molar-refractivity contribution in [1.29, 1.82) is 0 Å². The predicted octanol–water partition coefficient (Wildman–Crippen LogP) is 5.08. The van der Waals surface area contributed by atoms with Crippen LogP contribution in [0, 0.1) is 5.82 Å². The number of fused-ring (bicyclic) bond motifs is 3. The van der Waals surface area contributed by atoms with Crippen molar-refractivity contribution in [2.45, 2.75) is 35.9 Å². The molecule has 0 unspecified atom stereocenters. The molecule has 1 aliphatic carbocycles. The molecule has 1 amide bonds. The topological polar surface area (TPSA) is 124 Å². The highest BCUT2D eigenvalue weighted by Gasteiger charge is 2.65. The van der Waals surface area contributed by atoms with Crippen LogP contribution in [0.3, 0.4) is 0 Å². The quantitative estimate of drug-likeness (QED) is 0.265. The number of nitrogen functional groups attached to an aromatic ring is 1. The maximum atomic E-state index is 14.2. The number of halogens is 4. The lowest BCUT2D eigenvalue weighted by Crippen LogP contribution is -2.32. The summed E-state index contributed by atoms with van der Waals surface area (Å²) in [6.07, 6.45) is -1.14. The van der Waals surface area contributed by atoms with E-state index in [-0.39, 0.29) is 42.1 Å². The third kappa shape index (κ3) is 4.84. The van der Waals surface area contributed by atoms with Crippen molar-refractivity contribution in [3.63, 3.8) is 0 Å². The second-order valence-corrected chi connectivity index (χ2v) is 12.7. The van der Waals surface area contributed by atoms with E-state index in [0.29, 0.717) is 16.5 Å². The molecule has 2 aromatic carbocycles. The lowest BCUT2D eigenvalue weighted by Gasteiger charge is -2.26. The summed E-state index contributed by atoms with van der Waals surface area (Å²) in [6, 6.07) is 10.6. The Morgan fingerprint density at radius 3 is 2.44 bits per heavy atom. The molecule has 1 aliphatic rings. The number of sulfone groups is 1. The molecule has 222 valence electrons. The smallest absolute Gasteiger partial charge is 0.383 e. The molecule has 0 spiro atoms. The number of benzene rings is 2. The van der Waals surface area contributed by atoms with Gasteiger partial charge in [-0.25, -0.2) is 17.8 Å². The van der Waals surface area contributed by atoms with Gasteiger partial charge in [0.2, 0.25) is 0 Å². The Morgan fingerprint density at radius 2 is 1.81 bits per heavy atom. The average Bonchev–Trinajstić information content (AvgIpc) is 3.68. The first-order chi connectivity index (χ1) is 20.2. The minimum atomic E-state index is -4.48. The summed E-state index contributed by atoms with van der Waals surface area (Å²) >= 11 is 0. The van der Waals surface area contributed by atoms with E-state index in [9.17, 15) is 30.8 Å². The molecule has 0 atom stereocenters. The van der Waals surface area contributed by atoms with Gasteiger partial charge in [-0.2, -0.15) is 18.3 Å². The zero-order valence-electron chi connectivity index (χ0n) is 22.9. The van der Waals surface area contributed by atoms with Crippen molar-refractivity contribution in [3.8, 4) is 0 Å². The average molecular weight is 613 g/mol. The molecule has 1 saturated carbocycles. The van der Waals surface area contributed by atoms with Crippen molar-refractivity contribution >= 4 is 49.1 Å². The molecule has 0 bridgehead atoms. The highest BCUT2D eigenvalue weighted by Crippen LogP contribution is 2.58. The normalized spacial score (nSPS) is 14.7. The number of anilines is 2. The number of aryl methyl sites for hydroxylation is 1. The standard InChI is InChI=1S/C29H24F4N6O3S/c1-38-25-19-6-3-16(11-21(19)37-26(34)20(25)14-36-38)15-39(22-7-5-18(30)12-23(22)43(2,41)42)27(40)17-4-8-24(35-13-17)28(9-10-28)29(31,32)33/h3-8,11-14H,9-10,15H2,1-2H3,(H2,34,37). The number of carbonyl (C=O) groups is 1. The third-order valence-electron chi connectivity index (χ3n) is 7.76. The van der Waals surface area contributed by atoms with Gasteiger partial charge < -0.3 is 10.6 Å². The van der Waals surface area contributed by atoms with Crippen molar-refractivity contribution in [2.24, 2.45) is 7.05 Å². The van der Waals surface area contributed by atoms with Crippen LogP contribution in [0.25, 0.3) is 21.8 Å². The Hall–Kier alpha value is -4.59. The van der Waals surface area contributed by atoms with Crippen LogP contribution >= 0.6 is 0 Å². The van der Waals surface area contributed by atoms with Gasteiger partial charge in [-0.15, -0.1) is 0 Å². The number of aromatic nitrogens is 4. The number of alkyl halides is 3. The van der Waals surface area contributed by atoms with Crippen molar-refractivity contribution in [1.82, 2.24) is 19.7 Å². The zero-order valence-corrected chi connectivity index (χ0v) is 23.7. The van der Waals surface area contributed by atoms with E-state index in [1.807, 2.05) is 0 Å². The number of hydrogen-bond donors (Lipinski definition) is 1. The van der Waals surface area contributed by atoms with Crippen LogP contribution in [0.4, 0.5) is 29.1 Å². The molecule has 2 N–H and O–H groups in total. The van der Waals surface area contributed by atoms with Gasteiger partial charge in [0, 0.05) is 24.9 Å². The summed E-state index contributed by atoms with van der Waals surface area (Å²) in [5, 5.41) is 5.64. The molecule has 43 heavy (non-hydrogen) atoms. The first-order valence-electron chi connectivity index (χ1n) is 13.0. The molecular formula is C29H24F4N6O3S. The molecule has 1 fully saturated rings. The van der Waals surface area contributed by atoms with Crippen molar-refractivity contribution in [3.05, 3.63) is 83.6 Å². The molecule has 0 saturated heterocycles. The number of carbonyl (C=O) groups excluding carboxylic acids is 1. The van der Waals surface area contributed by atoms with Gasteiger partial charge in [0.25, 0.3) is 5.91 Å². The summed E-state index contributed by atoms with van der Waals surface area (Å²) in [5.41, 5.74) is 5.50. The fraction of sp³-hybridized carbons (Fsp3) is 0.241. The van der Waals surface area contributed by atoms with Crippen LogP contribution in [0.15, 0.2) is 65.8 Å². The van der Waals surface area contributed by atoms with Crippen molar-refractivity contribution in [2.75, 3.05) is 16.9 Å². The minimum absolute atomic E-state index is 0.0785. The number of amides is 1. The monoisotopic (exact) mass is 612 g/mol. The molecule has 5 aromatic rings. The summed E-state index contributed by atoms with van der Waals surface area (Å²) in [4.78, 5) is 23.0. The molecule has 9 nitrogen and oxygen atoms in total. The van der Waals surface area contributed by atoms with Gasteiger partial charge in [0.1, 0.15) is 17.1 Å². The summed E-state index contributed by atoms with van der Waals surface area (Å²) < 4.78 is 82.1. The van der Waals surface area contributed by atoms with Crippen LogP contribution in [0.5, 0.6) is 0 Å². The molecule has 6 rings (SSSR count). The molecule has 3 heterocycles. The van der Waals surface area contributed by atoms with Gasteiger partial charge in [-0.1, -0.05) is 12.1 Å². The Morgan fingerprint density at radius 1 is 1.07 bits per heavy atom. The number of hydrogen-bond acceptors (Lipinski definition) is 7. The molecular weight excluding hydrogens is 588 g/mol. The molecule has 14 heteroatoms. The van der Waals surface area contributed by atoms with Gasteiger partial charge in [-0.3, -0.25) is 14.5 Å². The van der Waals surface area contributed by atoms with E-state index in [2.05, 4.69) is 15.1 Å². The van der Waals surface area contributed by atoms with Crippen molar-refractivity contribution < 1.29 is 30.8 Å². The largest absolute Gasteiger partial charge is 0.399 e. The van der Waals surface area contributed by atoms with E-state index in [1.165, 1.54) is 12.1 Å². The maximum absolute atomic E-state index is 14.2. The first kappa shape index (κ1) is 28.5. The lowest BCUT2D eigenvalue weighted by molar-refractivity contribution is -0.161. The first-order valence-corrected chi connectivity index (χ1v) is 14.9.